The van der Waals surface area contributed by atoms with Gasteiger partial charge in [-0.3, -0.25) is 18.7 Å². The highest BCUT2D eigenvalue weighted by Crippen LogP contribution is 2.26. The van der Waals surface area contributed by atoms with Gasteiger partial charge in [0.2, 0.25) is 5.91 Å². The largest absolute Gasteiger partial charge is 0.332 e. The van der Waals surface area contributed by atoms with Gasteiger partial charge in [0.05, 0.1) is 10.9 Å². The van der Waals surface area contributed by atoms with E-state index in [0.29, 0.717) is 16.6 Å². The van der Waals surface area contributed by atoms with E-state index in [-0.39, 0.29) is 24.1 Å². The van der Waals surface area contributed by atoms with Gasteiger partial charge in [-0.15, -0.1) is 0 Å². The molecule has 1 fully saturated rings. The van der Waals surface area contributed by atoms with Crippen LogP contribution in [0.15, 0.2) is 62.6 Å². The Morgan fingerprint density at radius 1 is 1.03 bits per heavy atom. The molecule has 29 heavy (non-hydrogen) atoms. The molecule has 1 aliphatic carbocycles. The van der Waals surface area contributed by atoms with E-state index >= 15 is 0 Å². The molecule has 4 rings (SSSR count). The topological polar surface area (TPSA) is 73.1 Å². The molecule has 150 valence electrons. The van der Waals surface area contributed by atoms with Crippen LogP contribution in [0.3, 0.4) is 0 Å². The Morgan fingerprint density at radius 2 is 1.76 bits per heavy atom. The number of nitrogens with one attached hydrogen (secondary N) is 1. The summed E-state index contributed by atoms with van der Waals surface area (Å²) in [7, 11) is 0. The van der Waals surface area contributed by atoms with Crippen molar-refractivity contribution in [2.45, 2.75) is 44.7 Å². The Labute approximate surface area is 176 Å². The van der Waals surface area contributed by atoms with E-state index in [4.69, 9.17) is 0 Å². The zero-order chi connectivity index (χ0) is 20.4. The number of rotatable bonds is 4. The summed E-state index contributed by atoms with van der Waals surface area (Å²) in [6.07, 6.45) is 4.75. The van der Waals surface area contributed by atoms with E-state index in [0.717, 1.165) is 36.6 Å². The predicted molar refractivity (Wildman–Crippen MR) is 117 cm³/mol. The second kappa shape index (κ2) is 8.37. The molecule has 0 saturated heterocycles. The Hall–Kier alpha value is -2.67. The highest BCUT2D eigenvalue weighted by Gasteiger charge is 2.23. The van der Waals surface area contributed by atoms with Gasteiger partial charge in [0, 0.05) is 16.2 Å². The minimum atomic E-state index is -0.417. The molecule has 7 heteroatoms. The average Bonchev–Trinajstić information content (AvgIpc) is 2.73. The monoisotopic (exact) mass is 455 g/mol. The third-order valence-corrected chi connectivity index (χ3v) is 5.93. The molecule has 1 aliphatic rings. The van der Waals surface area contributed by atoms with Crippen molar-refractivity contribution in [3.63, 3.8) is 0 Å². The molecule has 1 N–H and O–H groups in total. The third kappa shape index (κ3) is 4.05. The van der Waals surface area contributed by atoms with Crippen LogP contribution < -0.4 is 16.6 Å². The number of halogens is 1. The van der Waals surface area contributed by atoms with Crippen molar-refractivity contribution >= 4 is 38.4 Å². The van der Waals surface area contributed by atoms with Gasteiger partial charge < -0.3 is 5.32 Å². The summed E-state index contributed by atoms with van der Waals surface area (Å²) in [4.78, 5) is 39.1. The Balaban J connectivity index is 1.80. The van der Waals surface area contributed by atoms with Gasteiger partial charge in [0.15, 0.2) is 0 Å². The Kier molecular flexibility index (Phi) is 5.67. The SMILES string of the molecule is O=C(Cn1c(=O)n(C2CCCCC2)c(=O)c2cc(Br)ccc21)Nc1ccccc1. The van der Waals surface area contributed by atoms with Gasteiger partial charge in [-0.25, -0.2) is 4.79 Å². The number of hydrogen-bond donors (Lipinski definition) is 1. The van der Waals surface area contributed by atoms with E-state index in [1.54, 1.807) is 30.3 Å². The Morgan fingerprint density at radius 3 is 2.48 bits per heavy atom. The van der Waals surface area contributed by atoms with Crippen molar-refractivity contribution in [1.82, 2.24) is 9.13 Å². The summed E-state index contributed by atoms with van der Waals surface area (Å²) in [6.45, 7) is -0.154. The number of aromatic nitrogens is 2. The first-order chi connectivity index (χ1) is 14.0. The lowest BCUT2D eigenvalue weighted by Gasteiger charge is -2.24. The number of nitrogens with zero attached hydrogens (tertiary/aromatic N) is 2. The summed E-state index contributed by atoms with van der Waals surface area (Å²) in [6, 6.07) is 14.2. The molecule has 0 atom stereocenters. The molecule has 0 spiro atoms. The van der Waals surface area contributed by atoms with Crippen LogP contribution in [-0.4, -0.2) is 15.0 Å². The lowest BCUT2D eigenvalue weighted by atomic mass is 9.95. The van der Waals surface area contributed by atoms with Gasteiger partial charge in [-0.2, -0.15) is 0 Å². The molecule has 1 heterocycles. The Bertz CT molecular complexity index is 1160. The van der Waals surface area contributed by atoms with Crippen LogP contribution >= 0.6 is 15.9 Å². The number of para-hydroxylation sites is 1. The maximum atomic E-state index is 13.3. The van der Waals surface area contributed by atoms with Gasteiger partial charge >= 0.3 is 5.69 Å². The molecule has 1 saturated carbocycles. The van der Waals surface area contributed by atoms with E-state index < -0.39 is 5.69 Å². The van der Waals surface area contributed by atoms with Crippen molar-refractivity contribution in [1.29, 1.82) is 0 Å². The molecule has 0 radical (unpaired) electrons. The summed E-state index contributed by atoms with van der Waals surface area (Å²) in [5, 5.41) is 3.25. The van der Waals surface area contributed by atoms with Crippen LogP contribution in [-0.2, 0) is 11.3 Å². The molecular formula is C22H22BrN3O3. The fourth-order valence-electron chi connectivity index (χ4n) is 4.04. The highest BCUT2D eigenvalue weighted by atomic mass is 79.9. The lowest BCUT2D eigenvalue weighted by molar-refractivity contribution is -0.116. The molecule has 3 aromatic rings. The molecule has 6 nitrogen and oxygen atoms in total. The van der Waals surface area contributed by atoms with E-state index in [1.165, 1.54) is 9.13 Å². The predicted octanol–water partition coefficient (Wildman–Crippen LogP) is 4.07. The van der Waals surface area contributed by atoms with E-state index in [9.17, 15) is 14.4 Å². The van der Waals surface area contributed by atoms with Crippen LogP contribution in [0, 0.1) is 0 Å². The van der Waals surface area contributed by atoms with E-state index in [2.05, 4.69) is 21.2 Å². The third-order valence-electron chi connectivity index (χ3n) is 5.43. The average molecular weight is 456 g/mol. The standard InChI is InChI=1S/C22H22BrN3O3/c23-15-11-12-19-18(13-15)21(28)26(17-9-5-2-6-10-17)22(29)25(19)14-20(27)24-16-7-3-1-4-8-16/h1,3-4,7-8,11-13,17H,2,5-6,9-10,14H2,(H,24,27). The zero-order valence-electron chi connectivity index (χ0n) is 15.9. The van der Waals surface area contributed by atoms with Crippen molar-refractivity contribution in [3.8, 4) is 0 Å². The van der Waals surface area contributed by atoms with Crippen LogP contribution in [0.4, 0.5) is 5.69 Å². The summed E-state index contributed by atoms with van der Waals surface area (Å²) in [5.41, 5.74) is 0.439. The van der Waals surface area contributed by atoms with Crippen molar-refractivity contribution in [2.24, 2.45) is 0 Å². The zero-order valence-corrected chi connectivity index (χ0v) is 17.5. The van der Waals surface area contributed by atoms with Gasteiger partial charge in [0.25, 0.3) is 5.56 Å². The molecule has 0 unspecified atom stereocenters. The van der Waals surface area contributed by atoms with Crippen LogP contribution in [0.25, 0.3) is 10.9 Å². The maximum absolute atomic E-state index is 13.3. The number of anilines is 1. The number of carbonyl (C=O) groups is 1. The molecular weight excluding hydrogens is 434 g/mol. The van der Waals surface area contributed by atoms with Crippen LogP contribution in [0.2, 0.25) is 0 Å². The second-order valence-corrected chi connectivity index (χ2v) is 8.33. The highest BCUT2D eigenvalue weighted by molar-refractivity contribution is 9.10. The van der Waals surface area contributed by atoms with Crippen molar-refractivity contribution in [3.05, 3.63) is 73.8 Å². The van der Waals surface area contributed by atoms with Crippen LogP contribution in [0.5, 0.6) is 0 Å². The maximum Gasteiger partial charge on any atom is 0.332 e. The molecule has 1 amide bonds. The number of benzene rings is 2. The van der Waals surface area contributed by atoms with E-state index in [1.807, 2.05) is 18.2 Å². The normalized spacial score (nSPS) is 14.8. The summed E-state index contributed by atoms with van der Waals surface area (Å²) >= 11 is 3.41. The number of fused-ring (bicyclic) bond motifs is 1. The number of carbonyl (C=O) groups excluding carboxylic acids is 1. The summed E-state index contributed by atoms with van der Waals surface area (Å²) in [5.74, 6) is -0.309. The fourth-order valence-corrected chi connectivity index (χ4v) is 4.41. The molecule has 1 aromatic heterocycles. The second-order valence-electron chi connectivity index (χ2n) is 7.41. The van der Waals surface area contributed by atoms with Crippen molar-refractivity contribution in [2.75, 3.05) is 5.32 Å². The first kappa shape index (κ1) is 19.6. The minimum absolute atomic E-state index is 0.115. The molecule has 0 bridgehead atoms. The van der Waals surface area contributed by atoms with Gasteiger partial charge in [-0.05, 0) is 43.2 Å². The molecule has 0 aliphatic heterocycles. The minimum Gasteiger partial charge on any atom is -0.325 e. The number of amides is 1. The fraction of sp³-hybridized carbons (Fsp3) is 0.318. The van der Waals surface area contributed by atoms with Gasteiger partial charge in [0.1, 0.15) is 6.54 Å². The first-order valence-corrected chi connectivity index (χ1v) is 10.6. The lowest BCUT2D eigenvalue weighted by Crippen LogP contribution is -2.44. The van der Waals surface area contributed by atoms with Crippen LogP contribution in [0.1, 0.15) is 38.1 Å². The van der Waals surface area contributed by atoms with Crippen molar-refractivity contribution < 1.29 is 4.79 Å². The van der Waals surface area contributed by atoms with Gasteiger partial charge in [-0.1, -0.05) is 53.4 Å². The summed E-state index contributed by atoms with van der Waals surface area (Å²) < 4.78 is 3.54. The quantitative estimate of drug-likeness (QED) is 0.644. The first-order valence-electron chi connectivity index (χ1n) is 9.84. The number of hydrogen-bond acceptors (Lipinski definition) is 3. The smallest absolute Gasteiger partial charge is 0.325 e. The molecule has 2 aromatic carbocycles.